The van der Waals surface area contributed by atoms with Crippen molar-refractivity contribution in [2.75, 3.05) is 30.8 Å². The minimum Gasteiger partial charge on any atom is -0.369 e. The third-order valence-corrected chi connectivity index (χ3v) is 4.75. The average Bonchev–Trinajstić information content (AvgIpc) is 2.29. The quantitative estimate of drug-likeness (QED) is 0.923. The molecule has 1 aromatic rings. The van der Waals surface area contributed by atoms with Crippen LogP contribution in [-0.2, 0) is 6.54 Å². The van der Waals surface area contributed by atoms with Crippen LogP contribution in [0.3, 0.4) is 0 Å². The highest BCUT2D eigenvalue weighted by atomic mass is 79.9. The molecule has 17 heavy (non-hydrogen) atoms. The van der Waals surface area contributed by atoms with E-state index in [1.165, 1.54) is 21.5 Å². The highest BCUT2D eigenvalue weighted by Crippen LogP contribution is 2.30. The van der Waals surface area contributed by atoms with Crippen LogP contribution >= 0.6 is 27.7 Å². The molecule has 0 aliphatic carbocycles. The van der Waals surface area contributed by atoms with Crippen molar-refractivity contribution in [1.82, 2.24) is 5.32 Å². The largest absolute Gasteiger partial charge is 0.369 e. The van der Waals surface area contributed by atoms with Crippen molar-refractivity contribution in [2.24, 2.45) is 0 Å². The molecule has 0 aromatic heterocycles. The number of thioether (sulfide) groups is 1. The first kappa shape index (κ1) is 13.2. The lowest BCUT2D eigenvalue weighted by Crippen LogP contribution is -2.36. The van der Waals surface area contributed by atoms with E-state index in [2.05, 4.69) is 63.0 Å². The lowest BCUT2D eigenvalue weighted by molar-refractivity contribution is 0.779. The van der Waals surface area contributed by atoms with E-state index in [9.17, 15) is 0 Å². The van der Waals surface area contributed by atoms with Gasteiger partial charge in [0.25, 0.3) is 0 Å². The number of nitrogens with zero attached hydrogens (tertiary/aromatic N) is 1. The summed E-state index contributed by atoms with van der Waals surface area (Å²) in [5.74, 6) is 1.23. The second kappa shape index (κ2) is 6.12. The Morgan fingerprint density at radius 1 is 1.53 bits per heavy atom. The molecule has 2 rings (SSSR count). The summed E-state index contributed by atoms with van der Waals surface area (Å²) >= 11 is 5.76. The van der Waals surface area contributed by atoms with Gasteiger partial charge < -0.3 is 10.2 Å². The van der Waals surface area contributed by atoms with Crippen LogP contribution in [0.5, 0.6) is 0 Å². The van der Waals surface area contributed by atoms with Crippen LogP contribution in [0.25, 0.3) is 0 Å². The zero-order valence-corrected chi connectivity index (χ0v) is 12.8. The van der Waals surface area contributed by atoms with Gasteiger partial charge in [-0.15, -0.1) is 0 Å². The number of nitrogens with one attached hydrogen (secondary N) is 1. The second-order valence-electron chi connectivity index (χ2n) is 4.44. The summed E-state index contributed by atoms with van der Waals surface area (Å²) in [5.41, 5.74) is 2.65. The molecule has 0 amide bonds. The van der Waals surface area contributed by atoms with E-state index in [1.54, 1.807) is 0 Å². The van der Waals surface area contributed by atoms with Crippen LogP contribution in [0.2, 0.25) is 0 Å². The molecule has 1 aliphatic heterocycles. The van der Waals surface area contributed by atoms with E-state index in [4.69, 9.17) is 0 Å². The fourth-order valence-corrected chi connectivity index (χ4v) is 3.85. The topological polar surface area (TPSA) is 15.3 Å². The number of hydrogen-bond acceptors (Lipinski definition) is 3. The van der Waals surface area contributed by atoms with Gasteiger partial charge >= 0.3 is 0 Å². The Hall–Kier alpha value is -0.190. The number of benzene rings is 1. The number of anilines is 1. The molecule has 0 spiro atoms. The maximum atomic E-state index is 3.70. The number of halogens is 1. The van der Waals surface area contributed by atoms with Crippen molar-refractivity contribution in [3.8, 4) is 0 Å². The van der Waals surface area contributed by atoms with Crippen molar-refractivity contribution in [1.29, 1.82) is 0 Å². The van der Waals surface area contributed by atoms with Crippen LogP contribution < -0.4 is 10.2 Å². The van der Waals surface area contributed by atoms with Gasteiger partial charge in [-0.3, -0.25) is 0 Å². The molecule has 1 fully saturated rings. The average molecular weight is 315 g/mol. The van der Waals surface area contributed by atoms with Crippen molar-refractivity contribution in [3.05, 3.63) is 28.2 Å². The monoisotopic (exact) mass is 314 g/mol. The lowest BCUT2D eigenvalue weighted by Gasteiger charge is -2.33. The minimum atomic E-state index is 0.729. The zero-order valence-electron chi connectivity index (χ0n) is 10.4. The van der Waals surface area contributed by atoms with E-state index in [0.717, 1.165) is 24.9 Å². The molecule has 0 saturated carbocycles. The van der Waals surface area contributed by atoms with Crippen LogP contribution in [-0.4, -0.2) is 31.1 Å². The van der Waals surface area contributed by atoms with Crippen molar-refractivity contribution in [3.63, 3.8) is 0 Å². The van der Waals surface area contributed by atoms with E-state index in [-0.39, 0.29) is 0 Å². The summed E-state index contributed by atoms with van der Waals surface area (Å²) < 4.78 is 1.21. The highest BCUT2D eigenvalue weighted by molar-refractivity contribution is 9.10. The van der Waals surface area contributed by atoms with Crippen molar-refractivity contribution < 1.29 is 0 Å². The van der Waals surface area contributed by atoms with Gasteiger partial charge in [0.1, 0.15) is 0 Å². The Balaban J connectivity index is 2.15. The van der Waals surface area contributed by atoms with Gasteiger partial charge in [-0.05, 0) is 40.7 Å². The number of rotatable bonds is 3. The third-order valence-electron chi connectivity index (χ3n) is 2.97. The Morgan fingerprint density at radius 2 is 2.35 bits per heavy atom. The molecule has 1 N–H and O–H groups in total. The third kappa shape index (κ3) is 3.39. The van der Waals surface area contributed by atoms with Gasteiger partial charge in [0.05, 0.1) is 5.69 Å². The molecular formula is C13H19BrN2S. The van der Waals surface area contributed by atoms with E-state index < -0.39 is 0 Å². The van der Waals surface area contributed by atoms with Crippen LogP contribution in [0.15, 0.2) is 22.7 Å². The van der Waals surface area contributed by atoms with Gasteiger partial charge in [-0.1, -0.05) is 13.0 Å². The summed E-state index contributed by atoms with van der Waals surface area (Å²) in [6.45, 7) is 5.53. The summed E-state index contributed by atoms with van der Waals surface area (Å²) in [5, 5.41) is 3.91. The maximum absolute atomic E-state index is 3.70. The van der Waals surface area contributed by atoms with Crippen molar-refractivity contribution in [2.45, 2.75) is 18.7 Å². The van der Waals surface area contributed by atoms with Crippen molar-refractivity contribution >= 4 is 33.4 Å². The van der Waals surface area contributed by atoms with Crippen LogP contribution in [0, 0.1) is 0 Å². The summed E-state index contributed by atoms with van der Waals surface area (Å²) in [6.07, 6.45) is 0. The Kier molecular flexibility index (Phi) is 4.77. The van der Waals surface area contributed by atoms with Gasteiger partial charge in [-0.25, -0.2) is 0 Å². The standard InChI is InChI=1S/C13H19BrN2S/c1-10-9-16(5-6-17-10)13-4-3-11(8-15-2)7-12(13)14/h3-4,7,10,15H,5-6,8-9H2,1-2H3. The molecule has 1 atom stereocenters. The van der Waals surface area contributed by atoms with E-state index in [1.807, 2.05) is 7.05 Å². The summed E-state index contributed by atoms with van der Waals surface area (Å²) in [4.78, 5) is 2.48. The molecule has 4 heteroatoms. The lowest BCUT2D eigenvalue weighted by atomic mass is 10.2. The van der Waals surface area contributed by atoms with Gasteiger partial charge in [-0.2, -0.15) is 11.8 Å². The first-order chi connectivity index (χ1) is 8.20. The van der Waals surface area contributed by atoms with Crippen LogP contribution in [0.1, 0.15) is 12.5 Å². The summed E-state index contributed by atoms with van der Waals surface area (Å²) in [7, 11) is 1.98. The fourth-order valence-electron chi connectivity index (χ4n) is 2.16. The molecule has 1 aliphatic rings. The van der Waals surface area contributed by atoms with Gasteiger partial charge in [0.15, 0.2) is 0 Å². The zero-order chi connectivity index (χ0) is 12.3. The highest BCUT2D eigenvalue weighted by Gasteiger charge is 2.18. The summed E-state index contributed by atoms with van der Waals surface area (Å²) in [6, 6.07) is 6.67. The predicted octanol–water partition coefficient (Wildman–Crippen LogP) is 3.11. The fraction of sp³-hybridized carbons (Fsp3) is 0.538. The first-order valence-electron chi connectivity index (χ1n) is 6.00. The van der Waals surface area contributed by atoms with Gasteiger partial charge in [0, 0.05) is 35.1 Å². The molecule has 1 saturated heterocycles. The maximum Gasteiger partial charge on any atom is 0.0511 e. The smallest absolute Gasteiger partial charge is 0.0511 e. The Labute approximate surface area is 116 Å². The first-order valence-corrected chi connectivity index (χ1v) is 7.84. The normalized spacial score (nSPS) is 20.6. The SMILES string of the molecule is CNCc1ccc(N2CCSC(C)C2)c(Br)c1. The predicted molar refractivity (Wildman–Crippen MR) is 81.0 cm³/mol. The number of hydrogen-bond donors (Lipinski definition) is 1. The molecular weight excluding hydrogens is 296 g/mol. The van der Waals surface area contributed by atoms with Gasteiger partial charge in [0.2, 0.25) is 0 Å². The second-order valence-corrected chi connectivity index (χ2v) is 6.84. The molecule has 0 radical (unpaired) electrons. The molecule has 1 aromatic carbocycles. The van der Waals surface area contributed by atoms with E-state index >= 15 is 0 Å². The Morgan fingerprint density at radius 3 is 3.00 bits per heavy atom. The molecule has 2 nitrogen and oxygen atoms in total. The molecule has 1 heterocycles. The van der Waals surface area contributed by atoms with Crippen LogP contribution in [0.4, 0.5) is 5.69 Å². The Bertz CT molecular complexity index is 384. The minimum absolute atomic E-state index is 0.729. The molecule has 1 unspecified atom stereocenters. The van der Waals surface area contributed by atoms with E-state index in [0.29, 0.717) is 0 Å². The molecule has 94 valence electrons. The molecule has 0 bridgehead atoms.